The molecule has 0 bridgehead atoms. The number of hydrogen-bond acceptors (Lipinski definition) is 10. The largest absolute Gasteiger partial charge is 0.497 e. The molecule has 0 saturated heterocycles. The number of nitrogens with zero attached hydrogens (tertiary/aromatic N) is 4. The maximum absolute atomic E-state index is 11.9. The molecule has 0 amide bonds. The Balaban J connectivity index is 1.52. The maximum atomic E-state index is 11.9. The number of imidazole rings is 1. The van der Waals surface area contributed by atoms with Gasteiger partial charge in [-0.2, -0.15) is 15.0 Å². The lowest BCUT2D eigenvalue weighted by Crippen LogP contribution is -2.24. The number of hydrogen-bond donors (Lipinski definition) is 5. The van der Waals surface area contributed by atoms with Crippen LogP contribution in [0.4, 0.5) is 17.8 Å². The van der Waals surface area contributed by atoms with Crippen molar-refractivity contribution in [2.75, 3.05) is 30.3 Å². The van der Waals surface area contributed by atoms with Crippen molar-refractivity contribution in [2.24, 2.45) is 0 Å². The minimum atomic E-state index is -0.571. The van der Waals surface area contributed by atoms with E-state index in [1.54, 1.807) is 14.2 Å². The Morgan fingerprint density at radius 2 is 1.29 bits per heavy atom. The molecule has 2 heterocycles. The zero-order valence-corrected chi connectivity index (χ0v) is 18.6. The quantitative estimate of drug-likeness (QED) is 0.236. The summed E-state index contributed by atoms with van der Waals surface area (Å²) in [5, 5.41) is 15.8. The highest BCUT2D eigenvalue weighted by atomic mass is 16.5. The number of aromatic hydroxyl groups is 1. The molecule has 0 unspecified atom stereocenters. The van der Waals surface area contributed by atoms with Gasteiger partial charge >= 0.3 is 5.69 Å². The zero-order valence-electron chi connectivity index (χ0n) is 18.6. The first kappa shape index (κ1) is 22.5. The molecular weight excluding hydrogens is 440 g/mol. The third kappa shape index (κ3) is 5.73. The molecule has 0 radical (unpaired) electrons. The summed E-state index contributed by atoms with van der Waals surface area (Å²) in [4.78, 5) is 27.2. The van der Waals surface area contributed by atoms with Gasteiger partial charge in [0.25, 0.3) is 0 Å². The van der Waals surface area contributed by atoms with Gasteiger partial charge in [0.2, 0.25) is 23.7 Å². The van der Waals surface area contributed by atoms with Crippen LogP contribution in [0.15, 0.2) is 59.5 Å². The van der Waals surface area contributed by atoms with Crippen molar-refractivity contribution in [1.82, 2.24) is 24.6 Å². The van der Waals surface area contributed by atoms with Gasteiger partial charge in [0.05, 0.1) is 20.4 Å². The SMILES string of the molecule is COc1ccc(CNc2nc(NCc3ccc(OC)cc3)nc(Nn3cc(O)[nH]c3=O)n2)cc1. The van der Waals surface area contributed by atoms with Gasteiger partial charge in [-0.05, 0) is 35.4 Å². The molecule has 12 nitrogen and oxygen atoms in total. The van der Waals surface area contributed by atoms with E-state index in [1.807, 2.05) is 48.5 Å². The van der Waals surface area contributed by atoms with E-state index < -0.39 is 5.69 Å². The average molecular weight is 464 g/mol. The highest BCUT2D eigenvalue weighted by Crippen LogP contribution is 2.16. The van der Waals surface area contributed by atoms with E-state index in [0.29, 0.717) is 25.0 Å². The van der Waals surface area contributed by atoms with Crippen LogP contribution in [0.5, 0.6) is 17.4 Å². The number of anilines is 3. The molecule has 0 aliphatic rings. The first-order chi connectivity index (χ1) is 16.5. The molecule has 5 N–H and O–H groups in total. The Morgan fingerprint density at radius 3 is 1.71 bits per heavy atom. The van der Waals surface area contributed by atoms with Crippen molar-refractivity contribution >= 4 is 17.8 Å². The molecule has 34 heavy (non-hydrogen) atoms. The minimum Gasteiger partial charge on any atom is -0.497 e. The van der Waals surface area contributed by atoms with Crippen molar-refractivity contribution < 1.29 is 14.6 Å². The van der Waals surface area contributed by atoms with E-state index in [9.17, 15) is 9.90 Å². The van der Waals surface area contributed by atoms with Crippen LogP contribution in [0.1, 0.15) is 11.1 Å². The van der Waals surface area contributed by atoms with Gasteiger partial charge in [-0.25, -0.2) is 9.47 Å². The summed E-state index contributed by atoms with van der Waals surface area (Å²) in [7, 11) is 3.23. The Labute approximate surface area is 194 Å². The van der Waals surface area contributed by atoms with Gasteiger partial charge in [-0.3, -0.25) is 10.4 Å². The molecule has 4 aromatic rings. The van der Waals surface area contributed by atoms with Crippen molar-refractivity contribution in [3.8, 4) is 17.4 Å². The van der Waals surface area contributed by atoms with E-state index in [2.05, 4.69) is 36.0 Å². The summed E-state index contributed by atoms with van der Waals surface area (Å²) in [5.74, 6) is 1.92. The Hall–Kier alpha value is -4.74. The first-order valence-corrected chi connectivity index (χ1v) is 10.3. The van der Waals surface area contributed by atoms with E-state index in [4.69, 9.17) is 9.47 Å². The molecule has 12 heteroatoms. The van der Waals surface area contributed by atoms with E-state index in [0.717, 1.165) is 27.3 Å². The van der Waals surface area contributed by atoms with Gasteiger partial charge in [0.15, 0.2) is 0 Å². The van der Waals surface area contributed by atoms with E-state index in [-0.39, 0.29) is 11.8 Å². The summed E-state index contributed by atoms with van der Waals surface area (Å²) < 4.78 is 11.4. The number of rotatable bonds is 10. The van der Waals surface area contributed by atoms with Crippen molar-refractivity contribution in [3.63, 3.8) is 0 Å². The Bertz CT molecular complexity index is 1220. The molecular formula is C22H24N8O4. The lowest BCUT2D eigenvalue weighted by atomic mass is 10.2. The molecule has 0 spiro atoms. The Kier molecular flexibility index (Phi) is 6.77. The highest BCUT2D eigenvalue weighted by Gasteiger charge is 2.10. The summed E-state index contributed by atoms with van der Waals surface area (Å²) in [5.41, 5.74) is 4.16. The maximum Gasteiger partial charge on any atom is 0.347 e. The summed E-state index contributed by atoms with van der Waals surface area (Å²) in [6.45, 7) is 0.909. The third-order valence-electron chi connectivity index (χ3n) is 4.78. The van der Waals surface area contributed by atoms with Gasteiger partial charge in [-0.15, -0.1) is 0 Å². The summed E-state index contributed by atoms with van der Waals surface area (Å²) in [6, 6.07) is 15.2. The average Bonchev–Trinajstić information content (AvgIpc) is 3.18. The molecule has 0 fully saturated rings. The van der Waals surface area contributed by atoms with Crippen molar-refractivity contribution in [1.29, 1.82) is 0 Å². The van der Waals surface area contributed by atoms with Gasteiger partial charge in [0, 0.05) is 13.1 Å². The fraction of sp³-hybridized carbons (Fsp3) is 0.182. The number of aromatic amines is 1. The minimum absolute atomic E-state index is 0.102. The smallest absolute Gasteiger partial charge is 0.347 e. The van der Waals surface area contributed by atoms with Crippen molar-refractivity contribution in [2.45, 2.75) is 13.1 Å². The topological polar surface area (TPSA) is 151 Å². The van der Waals surface area contributed by atoms with Crippen LogP contribution in [-0.4, -0.2) is 43.9 Å². The number of methoxy groups -OCH3 is 2. The molecule has 0 atom stereocenters. The first-order valence-electron chi connectivity index (χ1n) is 10.3. The number of nitrogens with one attached hydrogen (secondary N) is 4. The van der Waals surface area contributed by atoms with Crippen LogP contribution in [0, 0.1) is 0 Å². The summed E-state index contributed by atoms with van der Waals surface area (Å²) in [6.07, 6.45) is 1.18. The third-order valence-corrected chi connectivity index (χ3v) is 4.78. The predicted molar refractivity (Wildman–Crippen MR) is 126 cm³/mol. The lowest BCUT2D eigenvalue weighted by molar-refractivity contribution is 0.414. The number of benzene rings is 2. The van der Waals surface area contributed by atoms with Gasteiger partial charge < -0.3 is 25.2 Å². The van der Waals surface area contributed by atoms with E-state index in [1.165, 1.54) is 6.20 Å². The molecule has 2 aromatic carbocycles. The fourth-order valence-corrected chi connectivity index (χ4v) is 3.01. The Morgan fingerprint density at radius 1 is 0.824 bits per heavy atom. The molecule has 0 aliphatic heterocycles. The lowest BCUT2D eigenvalue weighted by Gasteiger charge is -2.12. The van der Waals surface area contributed by atoms with Crippen molar-refractivity contribution in [3.05, 3.63) is 76.3 Å². The van der Waals surface area contributed by atoms with Crippen LogP contribution in [0.25, 0.3) is 0 Å². The second-order valence-corrected chi connectivity index (χ2v) is 7.14. The number of ether oxygens (including phenoxy) is 2. The number of H-pyrrole nitrogens is 1. The molecule has 176 valence electrons. The fourth-order valence-electron chi connectivity index (χ4n) is 3.01. The monoisotopic (exact) mass is 464 g/mol. The highest BCUT2D eigenvalue weighted by molar-refractivity contribution is 5.43. The zero-order chi connectivity index (χ0) is 23.9. The van der Waals surface area contributed by atoms with Crippen LogP contribution in [-0.2, 0) is 13.1 Å². The molecule has 0 saturated carbocycles. The second kappa shape index (κ2) is 10.3. The van der Waals surface area contributed by atoms with Gasteiger partial charge in [0.1, 0.15) is 11.5 Å². The normalized spacial score (nSPS) is 10.5. The van der Waals surface area contributed by atoms with Crippen LogP contribution in [0.3, 0.4) is 0 Å². The van der Waals surface area contributed by atoms with Crippen LogP contribution >= 0.6 is 0 Å². The van der Waals surface area contributed by atoms with Gasteiger partial charge in [-0.1, -0.05) is 24.3 Å². The van der Waals surface area contributed by atoms with E-state index >= 15 is 0 Å². The summed E-state index contributed by atoms with van der Waals surface area (Å²) >= 11 is 0. The molecule has 0 aliphatic carbocycles. The number of aromatic nitrogens is 5. The standard InChI is InChI=1S/C22H24N8O4/c1-33-16-7-3-14(4-8-16)11-23-19-26-20(24-12-15-5-9-17(34-2)10-6-15)28-21(27-19)29-30-13-18(31)25-22(30)32/h3-10,13,31H,11-12H2,1-2H3,(H,25,32)(H3,23,24,26,27,28,29). The molecule has 2 aromatic heterocycles. The second-order valence-electron chi connectivity index (χ2n) is 7.14. The van der Waals surface area contributed by atoms with Crippen LogP contribution in [0.2, 0.25) is 0 Å². The van der Waals surface area contributed by atoms with Crippen LogP contribution < -0.4 is 31.2 Å². The predicted octanol–water partition coefficient (Wildman–Crippen LogP) is 2.18. The molecule has 4 rings (SSSR count).